The second kappa shape index (κ2) is 5.73. The Labute approximate surface area is 80.2 Å². The average molecular weight is 182 g/mol. The zero-order chi connectivity index (χ0) is 10.3. The van der Waals surface area contributed by atoms with Crippen molar-refractivity contribution in [3.8, 4) is 0 Å². The highest BCUT2D eigenvalue weighted by Gasteiger charge is 2.30. The van der Waals surface area contributed by atoms with E-state index in [0.29, 0.717) is 13.0 Å². The molecule has 0 aromatic rings. The van der Waals surface area contributed by atoms with Crippen molar-refractivity contribution in [1.82, 2.24) is 0 Å². The van der Waals surface area contributed by atoms with Gasteiger partial charge in [-0.1, -0.05) is 18.2 Å². The third-order valence-electron chi connectivity index (χ3n) is 1.93. The van der Waals surface area contributed by atoms with E-state index in [9.17, 15) is 5.11 Å². The van der Waals surface area contributed by atoms with Gasteiger partial charge in [0, 0.05) is 0 Å². The fourth-order valence-corrected chi connectivity index (χ4v) is 1.05. The Morgan fingerprint density at radius 2 is 2.00 bits per heavy atom. The largest absolute Gasteiger partial charge is 0.386 e. The summed E-state index contributed by atoms with van der Waals surface area (Å²) in [6.07, 6.45) is 4.72. The van der Waals surface area contributed by atoms with Crippen LogP contribution in [0.25, 0.3) is 0 Å². The first-order chi connectivity index (χ1) is 6.10. The van der Waals surface area contributed by atoms with E-state index in [2.05, 4.69) is 19.7 Å². The molecule has 0 spiro atoms. The third-order valence-corrected chi connectivity index (χ3v) is 1.93. The lowest BCUT2D eigenvalue weighted by Crippen LogP contribution is -2.40. The summed E-state index contributed by atoms with van der Waals surface area (Å²) in [7, 11) is 0. The van der Waals surface area contributed by atoms with E-state index in [1.54, 1.807) is 12.2 Å². The second-order valence-corrected chi connectivity index (χ2v) is 3.09. The molecule has 0 aliphatic heterocycles. The van der Waals surface area contributed by atoms with Gasteiger partial charge >= 0.3 is 0 Å². The zero-order valence-electron chi connectivity index (χ0n) is 8.20. The molecule has 0 saturated heterocycles. The molecule has 0 saturated carbocycles. The Morgan fingerprint density at radius 1 is 1.38 bits per heavy atom. The summed E-state index contributed by atoms with van der Waals surface area (Å²) in [5.41, 5.74) is -0.641. The molecular formula is C11H18O2. The molecule has 0 radical (unpaired) electrons. The maximum Gasteiger partial charge on any atom is 0.101 e. The van der Waals surface area contributed by atoms with Gasteiger partial charge in [-0.2, -0.15) is 0 Å². The predicted molar refractivity (Wildman–Crippen MR) is 55.6 cm³/mol. The van der Waals surface area contributed by atoms with Gasteiger partial charge in [0.25, 0.3) is 0 Å². The average Bonchev–Trinajstić information content (AvgIpc) is 2.14. The van der Waals surface area contributed by atoms with E-state index in [0.717, 1.165) is 0 Å². The monoisotopic (exact) mass is 182 g/mol. The van der Waals surface area contributed by atoms with Crippen LogP contribution in [0.5, 0.6) is 0 Å². The highest BCUT2D eigenvalue weighted by Crippen LogP contribution is 2.21. The minimum atomic E-state index is -0.689. The van der Waals surface area contributed by atoms with Gasteiger partial charge in [0.15, 0.2) is 0 Å². The second-order valence-electron chi connectivity index (χ2n) is 3.09. The van der Waals surface area contributed by atoms with E-state index in [1.807, 2.05) is 6.92 Å². The van der Waals surface area contributed by atoms with Crippen molar-refractivity contribution in [2.75, 3.05) is 6.61 Å². The van der Waals surface area contributed by atoms with Crippen molar-refractivity contribution >= 4 is 0 Å². The van der Waals surface area contributed by atoms with Gasteiger partial charge in [-0.25, -0.2) is 0 Å². The fourth-order valence-electron chi connectivity index (χ4n) is 1.05. The summed E-state index contributed by atoms with van der Waals surface area (Å²) in [6.45, 7) is 12.9. The highest BCUT2D eigenvalue weighted by atomic mass is 16.5. The Balaban J connectivity index is 4.38. The first kappa shape index (κ1) is 12.1. The number of hydrogen-bond donors (Lipinski definition) is 1. The quantitative estimate of drug-likeness (QED) is 0.611. The number of aliphatic hydroxyl groups is 1. The van der Waals surface area contributed by atoms with Crippen LogP contribution in [0.3, 0.4) is 0 Å². The Hall–Kier alpha value is -0.860. The van der Waals surface area contributed by atoms with Crippen molar-refractivity contribution in [3.05, 3.63) is 38.0 Å². The summed E-state index contributed by atoms with van der Waals surface area (Å²) in [5, 5.41) is 9.61. The van der Waals surface area contributed by atoms with Crippen LogP contribution in [0, 0.1) is 0 Å². The molecule has 2 nitrogen and oxygen atoms in total. The summed E-state index contributed by atoms with van der Waals surface area (Å²) < 4.78 is 5.46. The maximum absolute atomic E-state index is 9.61. The molecule has 0 aromatic carbocycles. The minimum Gasteiger partial charge on any atom is -0.386 e. The first-order valence-electron chi connectivity index (χ1n) is 4.27. The van der Waals surface area contributed by atoms with Crippen LogP contribution in [-0.4, -0.2) is 23.4 Å². The molecule has 0 rings (SSSR count). The highest BCUT2D eigenvalue weighted by molar-refractivity contribution is 4.98. The van der Waals surface area contributed by atoms with Crippen molar-refractivity contribution < 1.29 is 9.84 Å². The van der Waals surface area contributed by atoms with E-state index < -0.39 is 11.7 Å². The smallest absolute Gasteiger partial charge is 0.101 e. The van der Waals surface area contributed by atoms with Gasteiger partial charge in [-0.15, -0.1) is 19.7 Å². The summed E-state index contributed by atoms with van der Waals surface area (Å²) >= 11 is 0. The molecule has 74 valence electrons. The topological polar surface area (TPSA) is 29.5 Å². The van der Waals surface area contributed by atoms with Crippen LogP contribution in [0.1, 0.15) is 13.3 Å². The van der Waals surface area contributed by atoms with Crippen molar-refractivity contribution in [1.29, 1.82) is 0 Å². The van der Waals surface area contributed by atoms with Crippen LogP contribution in [-0.2, 0) is 4.74 Å². The molecule has 0 heterocycles. The van der Waals surface area contributed by atoms with Crippen molar-refractivity contribution in [2.24, 2.45) is 0 Å². The molecule has 0 aromatic heterocycles. The Kier molecular flexibility index (Phi) is 5.35. The fraction of sp³-hybridized carbons (Fsp3) is 0.455. The van der Waals surface area contributed by atoms with Crippen LogP contribution >= 0.6 is 0 Å². The molecule has 2 heteroatoms. The molecule has 0 aliphatic rings. The van der Waals surface area contributed by atoms with E-state index in [4.69, 9.17) is 4.74 Å². The number of rotatable bonds is 7. The van der Waals surface area contributed by atoms with Crippen molar-refractivity contribution in [2.45, 2.75) is 25.0 Å². The lowest BCUT2D eigenvalue weighted by molar-refractivity contribution is -0.0823. The normalized spacial score (nSPS) is 17.1. The molecule has 13 heavy (non-hydrogen) atoms. The minimum absolute atomic E-state index is 0.412. The van der Waals surface area contributed by atoms with Crippen LogP contribution in [0.15, 0.2) is 38.0 Å². The Morgan fingerprint density at radius 3 is 2.38 bits per heavy atom. The van der Waals surface area contributed by atoms with Gasteiger partial charge in [0.1, 0.15) is 6.10 Å². The van der Waals surface area contributed by atoms with Gasteiger partial charge in [-0.05, 0) is 13.3 Å². The molecule has 0 unspecified atom stereocenters. The lowest BCUT2D eigenvalue weighted by Gasteiger charge is -2.31. The molecule has 0 aliphatic carbocycles. The molecule has 0 fully saturated rings. The summed E-state index contributed by atoms with van der Waals surface area (Å²) in [4.78, 5) is 0. The van der Waals surface area contributed by atoms with Gasteiger partial charge in [0.05, 0.1) is 12.2 Å². The SMILES string of the molecule is C=CCO[C@](C)(CC=C)[C@H](O)C=C. The predicted octanol–water partition coefficient (Wildman–Crippen LogP) is 2.07. The van der Waals surface area contributed by atoms with E-state index >= 15 is 0 Å². The van der Waals surface area contributed by atoms with E-state index in [-0.39, 0.29) is 0 Å². The molecular weight excluding hydrogens is 164 g/mol. The summed E-state index contributed by atoms with van der Waals surface area (Å²) in [6, 6.07) is 0. The van der Waals surface area contributed by atoms with Crippen LogP contribution < -0.4 is 0 Å². The number of hydrogen-bond acceptors (Lipinski definition) is 2. The van der Waals surface area contributed by atoms with Gasteiger partial charge in [-0.3, -0.25) is 0 Å². The first-order valence-corrected chi connectivity index (χ1v) is 4.27. The molecule has 1 N–H and O–H groups in total. The lowest BCUT2D eigenvalue weighted by atomic mass is 9.95. The van der Waals surface area contributed by atoms with Gasteiger partial charge < -0.3 is 9.84 Å². The third kappa shape index (κ3) is 3.57. The zero-order valence-corrected chi connectivity index (χ0v) is 8.20. The number of ether oxygens (including phenoxy) is 1. The summed E-state index contributed by atoms with van der Waals surface area (Å²) in [5.74, 6) is 0. The van der Waals surface area contributed by atoms with Crippen LogP contribution in [0.2, 0.25) is 0 Å². The molecule has 2 atom stereocenters. The van der Waals surface area contributed by atoms with Crippen LogP contribution in [0.4, 0.5) is 0 Å². The molecule has 0 bridgehead atoms. The standard InChI is InChI=1S/C11H18O2/c1-5-8-11(4,10(12)7-3)13-9-6-2/h5-7,10,12H,1-3,8-9H2,4H3/t10-,11-/m1/s1. The Bertz CT molecular complexity index is 187. The molecule has 0 amide bonds. The van der Waals surface area contributed by atoms with Crippen molar-refractivity contribution in [3.63, 3.8) is 0 Å². The van der Waals surface area contributed by atoms with E-state index in [1.165, 1.54) is 6.08 Å². The van der Waals surface area contributed by atoms with Gasteiger partial charge in [0.2, 0.25) is 0 Å². The number of aliphatic hydroxyl groups excluding tert-OH is 1. The maximum atomic E-state index is 9.61.